The average Bonchev–Trinajstić information content (AvgIpc) is 2.71. The Morgan fingerprint density at radius 1 is 0.765 bits per heavy atom. The van der Waals surface area contributed by atoms with Crippen LogP contribution in [-0.2, 0) is 5.41 Å². The van der Waals surface area contributed by atoms with Crippen molar-refractivity contribution in [3.63, 3.8) is 0 Å². The van der Waals surface area contributed by atoms with Crippen LogP contribution in [0, 0.1) is 5.41 Å². The predicted octanol–water partition coefficient (Wildman–Crippen LogP) is 6.66. The van der Waals surface area contributed by atoms with Crippen molar-refractivity contribution in [3.8, 4) is 11.5 Å². The Kier molecular flexibility index (Phi) is 17.8. The van der Waals surface area contributed by atoms with Gasteiger partial charge in [0.2, 0.25) is 0 Å². The summed E-state index contributed by atoms with van der Waals surface area (Å²) < 4.78 is 6.19. The summed E-state index contributed by atoms with van der Waals surface area (Å²) in [5.41, 5.74) is 7.51. The normalized spacial score (nSPS) is 11.9. The monoisotopic (exact) mass is 485 g/mol. The van der Waals surface area contributed by atoms with E-state index in [-0.39, 0.29) is 47.6 Å². The van der Waals surface area contributed by atoms with Crippen LogP contribution in [0.1, 0.15) is 145 Å². The fourth-order valence-electron chi connectivity index (χ4n) is 5.13. The Morgan fingerprint density at radius 3 is 1.65 bits per heavy atom. The standard InChI is InChI=1S/C30H55NO2.Na.H/c1-7-8-9-10-11-12-13-14-15-16-17-18-19-20-21-33-28-23-26(31)27(32)22-25(28)30(5,6)24-29(2,3)4;;/h22-23,32H,7-21,24,31H2,1-6H3;;/q;+1;-1. The molecule has 194 valence electrons. The van der Waals surface area contributed by atoms with Gasteiger partial charge in [0, 0.05) is 11.6 Å². The van der Waals surface area contributed by atoms with E-state index in [4.69, 9.17) is 10.5 Å². The third kappa shape index (κ3) is 14.9. The van der Waals surface area contributed by atoms with E-state index in [0.717, 1.165) is 24.2 Å². The molecule has 0 aliphatic rings. The van der Waals surface area contributed by atoms with Crippen molar-refractivity contribution in [2.75, 3.05) is 12.3 Å². The smallest absolute Gasteiger partial charge is 1.00 e. The fourth-order valence-corrected chi connectivity index (χ4v) is 5.13. The topological polar surface area (TPSA) is 55.5 Å². The molecule has 1 rings (SSSR count). The van der Waals surface area contributed by atoms with Crippen LogP contribution in [0.25, 0.3) is 0 Å². The number of hydrogen-bond acceptors (Lipinski definition) is 3. The molecule has 0 aromatic heterocycles. The molecule has 0 atom stereocenters. The number of phenolic OH excluding ortho intramolecular Hbond substituents is 1. The van der Waals surface area contributed by atoms with Gasteiger partial charge in [-0.1, -0.05) is 125 Å². The molecular formula is C30H56NNaO2. The Labute approximate surface area is 235 Å². The molecule has 34 heavy (non-hydrogen) atoms. The summed E-state index contributed by atoms with van der Waals surface area (Å²) in [6.45, 7) is 14.2. The number of phenols is 1. The summed E-state index contributed by atoms with van der Waals surface area (Å²) in [4.78, 5) is 0. The Bertz CT molecular complexity index is 658. The van der Waals surface area contributed by atoms with Crippen LogP contribution >= 0.6 is 0 Å². The van der Waals surface area contributed by atoms with E-state index < -0.39 is 0 Å². The van der Waals surface area contributed by atoms with Crippen molar-refractivity contribution in [2.45, 2.75) is 143 Å². The molecule has 1 aromatic rings. The molecule has 0 unspecified atom stereocenters. The number of nitrogens with two attached hydrogens (primary N) is 1. The SMILES string of the molecule is CCCCCCCCCCCCCCCCOc1cc(N)c(O)cc1C(C)(C)CC(C)(C)C.[H-].[Na+]. The molecule has 0 heterocycles. The zero-order chi connectivity index (χ0) is 24.7. The van der Waals surface area contributed by atoms with E-state index >= 15 is 0 Å². The Morgan fingerprint density at radius 2 is 1.21 bits per heavy atom. The maximum atomic E-state index is 10.2. The molecule has 3 nitrogen and oxygen atoms in total. The summed E-state index contributed by atoms with van der Waals surface area (Å²) in [5.74, 6) is 0.977. The minimum atomic E-state index is -0.103. The summed E-state index contributed by atoms with van der Waals surface area (Å²) >= 11 is 0. The number of nitrogen functional groups attached to an aromatic ring is 1. The van der Waals surface area contributed by atoms with Gasteiger partial charge in [-0.25, -0.2) is 0 Å². The van der Waals surface area contributed by atoms with Crippen LogP contribution in [0.5, 0.6) is 11.5 Å². The zero-order valence-corrected chi connectivity index (χ0v) is 25.9. The first-order valence-corrected chi connectivity index (χ1v) is 13.8. The maximum absolute atomic E-state index is 10.2. The molecule has 0 saturated heterocycles. The first-order valence-electron chi connectivity index (χ1n) is 13.8. The molecule has 4 heteroatoms. The fraction of sp³-hybridized carbons (Fsp3) is 0.800. The third-order valence-electron chi connectivity index (χ3n) is 6.59. The molecule has 0 amide bonds. The molecule has 0 fully saturated rings. The number of aromatic hydroxyl groups is 1. The van der Waals surface area contributed by atoms with Crippen LogP contribution in [0.3, 0.4) is 0 Å². The van der Waals surface area contributed by atoms with Gasteiger partial charge in [-0.2, -0.15) is 0 Å². The van der Waals surface area contributed by atoms with Crippen LogP contribution in [0.15, 0.2) is 12.1 Å². The molecule has 3 N–H and O–H groups in total. The van der Waals surface area contributed by atoms with Gasteiger partial charge >= 0.3 is 29.6 Å². The van der Waals surface area contributed by atoms with Gasteiger partial charge in [-0.3, -0.25) is 0 Å². The van der Waals surface area contributed by atoms with Crippen LogP contribution in [0.4, 0.5) is 5.69 Å². The summed E-state index contributed by atoms with van der Waals surface area (Å²) in [5, 5.41) is 10.2. The van der Waals surface area contributed by atoms with E-state index in [0.29, 0.717) is 12.3 Å². The Balaban J connectivity index is 0. The number of hydrogen-bond donors (Lipinski definition) is 2. The quantitative estimate of drug-likeness (QED) is 0.106. The van der Waals surface area contributed by atoms with Crippen molar-refractivity contribution in [1.82, 2.24) is 0 Å². The molecule has 1 aromatic carbocycles. The van der Waals surface area contributed by atoms with Crippen molar-refractivity contribution in [2.24, 2.45) is 5.41 Å². The molecule has 0 bridgehead atoms. The van der Waals surface area contributed by atoms with Crippen molar-refractivity contribution in [3.05, 3.63) is 17.7 Å². The van der Waals surface area contributed by atoms with Crippen LogP contribution in [0.2, 0.25) is 0 Å². The third-order valence-corrected chi connectivity index (χ3v) is 6.59. The average molecular weight is 486 g/mol. The minimum absolute atomic E-state index is 0. The van der Waals surface area contributed by atoms with Gasteiger partial charge in [-0.05, 0) is 29.7 Å². The Hall–Kier alpha value is -0.380. The number of ether oxygens (including phenoxy) is 1. The van der Waals surface area contributed by atoms with Crippen molar-refractivity contribution in [1.29, 1.82) is 0 Å². The molecule has 0 saturated carbocycles. The summed E-state index contributed by atoms with van der Waals surface area (Å²) in [6, 6.07) is 3.61. The van der Waals surface area contributed by atoms with E-state index in [1.165, 1.54) is 83.5 Å². The number of unbranched alkanes of at least 4 members (excludes halogenated alkanes) is 13. The van der Waals surface area contributed by atoms with E-state index in [1.807, 2.05) is 6.07 Å². The molecule has 0 aliphatic heterocycles. The minimum Gasteiger partial charge on any atom is -1.00 e. The van der Waals surface area contributed by atoms with Gasteiger partial charge in [0.05, 0.1) is 12.3 Å². The van der Waals surface area contributed by atoms with Gasteiger partial charge in [0.25, 0.3) is 0 Å². The second kappa shape index (κ2) is 18.0. The first-order chi connectivity index (χ1) is 15.6. The summed E-state index contributed by atoms with van der Waals surface area (Å²) in [7, 11) is 0. The van der Waals surface area contributed by atoms with Crippen molar-refractivity contribution >= 4 is 5.69 Å². The van der Waals surface area contributed by atoms with E-state index in [9.17, 15) is 5.11 Å². The molecule has 0 radical (unpaired) electrons. The molecule has 0 spiro atoms. The molecule has 0 aliphatic carbocycles. The second-order valence-corrected chi connectivity index (χ2v) is 12.0. The zero-order valence-electron chi connectivity index (χ0n) is 24.9. The van der Waals surface area contributed by atoms with Crippen LogP contribution < -0.4 is 40.0 Å². The predicted molar refractivity (Wildman–Crippen MR) is 147 cm³/mol. The van der Waals surface area contributed by atoms with E-state index in [1.54, 1.807) is 6.07 Å². The summed E-state index contributed by atoms with van der Waals surface area (Å²) in [6.07, 6.45) is 20.0. The number of rotatable bonds is 18. The van der Waals surface area contributed by atoms with Crippen molar-refractivity contribution < 1.29 is 40.8 Å². The van der Waals surface area contributed by atoms with Gasteiger partial charge in [0.15, 0.2) is 0 Å². The largest absolute Gasteiger partial charge is 1.00 e. The van der Waals surface area contributed by atoms with Crippen LogP contribution in [-0.4, -0.2) is 11.7 Å². The second-order valence-electron chi connectivity index (χ2n) is 12.0. The maximum Gasteiger partial charge on any atom is 1.00 e. The number of anilines is 1. The van der Waals surface area contributed by atoms with Gasteiger partial charge in [-0.15, -0.1) is 0 Å². The van der Waals surface area contributed by atoms with Gasteiger partial charge < -0.3 is 17.0 Å². The molecular weight excluding hydrogens is 429 g/mol. The van der Waals surface area contributed by atoms with E-state index in [2.05, 4.69) is 41.5 Å². The number of benzene rings is 1. The first kappa shape index (κ1) is 33.6. The van der Waals surface area contributed by atoms with Gasteiger partial charge in [0.1, 0.15) is 11.5 Å².